The zero-order valence-corrected chi connectivity index (χ0v) is 12.9. The van der Waals surface area contributed by atoms with Gasteiger partial charge in [0.15, 0.2) is 0 Å². The number of anilines is 1. The molecule has 2 rings (SSSR count). The maximum absolute atomic E-state index is 12.5. The molecule has 1 saturated carbocycles. The molecule has 1 aliphatic carbocycles. The summed E-state index contributed by atoms with van der Waals surface area (Å²) in [6.07, 6.45) is 0. The highest BCUT2D eigenvalue weighted by Crippen LogP contribution is 2.63. The maximum atomic E-state index is 12.5. The molecule has 19 heavy (non-hydrogen) atoms. The highest BCUT2D eigenvalue weighted by atomic mass is 32.2. The van der Waals surface area contributed by atoms with E-state index in [4.69, 9.17) is 5.73 Å². The SMILES string of the molecule is Cc1cccc(N)c1S(=O)(=O)NC1C(C)(C)C1(C)C. The van der Waals surface area contributed by atoms with Gasteiger partial charge in [-0.25, -0.2) is 13.1 Å². The highest BCUT2D eigenvalue weighted by Gasteiger charge is 2.66. The van der Waals surface area contributed by atoms with E-state index in [2.05, 4.69) is 32.4 Å². The van der Waals surface area contributed by atoms with Gasteiger partial charge < -0.3 is 5.73 Å². The second-order valence-corrected chi connectivity index (χ2v) is 8.14. The fourth-order valence-electron chi connectivity index (χ4n) is 2.75. The number of hydrogen-bond donors (Lipinski definition) is 2. The number of nitrogens with two attached hydrogens (primary N) is 1. The number of hydrogen-bond acceptors (Lipinski definition) is 3. The van der Waals surface area contributed by atoms with Gasteiger partial charge in [0.25, 0.3) is 0 Å². The average molecular weight is 282 g/mol. The van der Waals surface area contributed by atoms with Crippen LogP contribution in [0.15, 0.2) is 23.1 Å². The van der Waals surface area contributed by atoms with Gasteiger partial charge >= 0.3 is 0 Å². The minimum atomic E-state index is -3.58. The molecule has 0 atom stereocenters. The van der Waals surface area contributed by atoms with E-state index < -0.39 is 10.0 Å². The molecule has 4 nitrogen and oxygen atoms in total. The molecule has 0 radical (unpaired) electrons. The summed E-state index contributed by atoms with van der Waals surface area (Å²) in [5, 5.41) is 0. The zero-order valence-electron chi connectivity index (χ0n) is 12.1. The van der Waals surface area contributed by atoms with E-state index >= 15 is 0 Å². The Morgan fingerprint density at radius 1 is 1.16 bits per heavy atom. The first-order valence-corrected chi connectivity index (χ1v) is 7.87. The third kappa shape index (κ3) is 2.05. The van der Waals surface area contributed by atoms with Crippen molar-refractivity contribution in [1.82, 2.24) is 4.72 Å². The van der Waals surface area contributed by atoms with Gasteiger partial charge in [-0.15, -0.1) is 0 Å². The summed E-state index contributed by atoms with van der Waals surface area (Å²) < 4.78 is 27.8. The van der Waals surface area contributed by atoms with Gasteiger partial charge in [0.1, 0.15) is 4.90 Å². The topological polar surface area (TPSA) is 72.2 Å². The lowest BCUT2D eigenvalue weighted by Gasteiger charge is -2.12. The molecule has 1 aromatic carbocycles. The quantitative estimate of drug-likeness (QED) is 0.835. The summed E-state index contributed by atoms with van der Waals surface area (Å²) in [5.74, 6) is 0. The van der Waals surface area contributed by atoms with Gasteiger partial charge in [-0.2, -0.15) is 0 Å². The lowest BCUT2D eigenvalue weighted by molar-refractivity contribution is 0.457. The van der Waals surface area contributed by atoms with Crippen LogP contribution in [0.5, 0.6) is 0 Å². The minimum absolute atomic E-state index is 0.0441. The van der Waals surface area contributed by atoms with Gasteiger partial charge in [-0.1, -0.05) is 39.8 Å². The Kier molecular flexibility index (Phi) is 2.99. The van der Waals surface area contributed by atoms with E-state index in [9.17, 15) is 8.42 Å². The molecule has 1 aromatic rings. The largest absolute Gasteiger partial charge is 0.398 e. The van der Waals surface area contributed by atoms with Crippen LogP contribution in [0.25, 0.3) is 0 Å². The number of benzene rings is 1. The Morgan fingerprint density at radius 3 is 2.11 bits per heavy atom. The molecule has 0 heterocycles. The fourth-order valence-corrected chi connectivity index (χ4v) is 4.63. The van der Waals surface area contributed by atoms with Crippen LogP contribution < -0.4 is 10.5 Å². The van der Waals surface area contributed by atoms with Crippen LogP contribution in [0.2, 0.25) is 0 Å². The summed E-state index contributed by atoms with van der Waals surface area (Å²) in [4.78, 5) is 0.202. The molecular formula is C14H22N2O2S. The number of rotatable bonds is 3. The van der Waals surface area contributed by atoms with Crippen molar-refractivity contribution in [3.63, 3.8) is 0 Å². The lowest BCUT2D eigenvalue weighted by atomic mass is 10.0. The van der Waals surface area contributed by atoms with Crippen LogP contribution in [-0.2, 0) is 10.0 Å². The molecule has 1 aliphatic rings. The lowest BCUT2D eigenvalue weighted by Crippen LogP contribution is -2.31. The van der Waals surface area contributed by atoms with Gasteiger partial charge in [0, 0.05) is 6.04 Å². The summed E-state index contributed by atoms with van der Waals surface area (Å²) in [6, 6.07) is 5.07. The third-order valence-corrected chi connectivity index (χ3v) is 6.45. The van der Waals surface area contributed by atoms with Gasteiger partial charge in [-0.05, 0) is 29.4 Å². The Morgan fingerprint density at radius 2 is 1.68 bits per heavy atom. The normalized spacial score (nSPS) is 21.3. The van der Waals surface area contributed by atoms with Crippen molar-refractivity contribution < 1.29 is 8.42 Å². The number of sulfonamides is 1. The van der Waals surface area contributed by atoms with Gasteiger partial charge in [-0.3, -0.25) is 0 Å². The van der Waals surface area contributed by atoms with Crippen LogP contribution in [-0.4, -0.2) is 14.5 Å². The van der Waals surface area contributed by atoms with E-state index in [1.165, 1.54) is 0 Å². The van der Waals surface area contributed by atoms with Crippen LogP contribution in [0.4, 0.5) is 5.69 Å². The fraction of sp³-hybridized carbons (Fsp3) is 0.571. The zero-order chi connectivity index (χ0) is 14.6. The first-order chi connectivity index (χ1) is 8.52. The second-order valence-electron chi connectivity index (χ2n) is 6.49. The summed E-state index contributed by atoms with van der Waals surface area (Å²) >= 11 is 0. The number of nitrogen functional groups attached to an aromatic ring is 1. The first-order valence-electron chi connectivity index (χ1n) is 6.39. The molecule has 0 aliphatic heterocycles. The molecule has 1 fully saturated rings. The van der Waals surface area contributed by atoms with Gasteiger partial charge in [0.05, 0.1) is 5.69 Å². The van der Waals surface area contributed by atoms with Crippen molar-refractivity contribution in [3.8, 4) is 0 Å². The van der Waals surface area contributed by atoms with Crippen LogP contribution in [0.1, 0.15) is 33.3 Å². The predicted octanol–water partition coefficient (Wildman–Crippen LogP) is 2.29. The Balaban J connectivity index is 2.36. The van der Waals surface area contributed by atoms with E-state index in [1.54, 1.807) is 25.1 Å². The summed E-state index contributed by atoms with van der Waals surface area (Å²) in [7, 11) is -3.58. The molecule has 3 N–H and O–H groups in total. The Bertz CT molecular complexity index is 584. The molecule has 0 aromatic heterocycles. The van der Waals surface area contributed by atoms with E-state index in [0.29, 0.717) is 11.3 Å². The molecule has 0 amide bonds. The predicted molar refractivity (Wildman–Crippen MR) is 77.3 cm³/mol. The van der Waals surface area contributed by atoms with Crippen LogP contribution >= 0.6 is 0 Å². The van der Waals surface area contributed by atoms with Crippen LogP contribution in [0, 0.1) is 17.8 Å². The van der Waals surface area contributed by atoms with Crippen LogP contribution in [0.3, 0.4) is 0 Å². The molecule has 0 saturated heterocycles. The van der Waals surface area contributed by atoms with Crippen molar-refractivity contribution >= 4 is 15.7 Å². The van der Waals surface area contributed by atoms with E-state index in [0.717, 1.165) is 0 Å². The molecule has 0 unspecified atom stereocenters. The molecule has 106 valence electrons. The van der Waals surface area contributed by atoms with Gasteiger partial charge in [0.2, 0.25) is 10.0 Å². The van der Waals surface area contributed by atoms with Crippen molar-refractivity contribution in [2.45, 2.75) is 45.6 Å². The van der Waals surface area contributed by atoms with Crippen molar-refractivity contribution in [1.29, 1.82) is 0 Å². The molecule has 0 bridgehead atoms. The van der Waals surface area contributed by atoms with Crippen molar-refractivity contribution in [2.24, 2.45) is 10.8 Å². The Hall–Kier alpha value is -1.07. The van der Waals surface area contributed by atoms with Crippen molar-refractivity contribution in [2.75, 3.05) is 5.73 Å². The molecular weight excluding hydrogens is 260 g/mol. The monoisotopic (exact) mass is 282 g/mol. The highest BCUT2D eigenvalue weighted by molar-refractivity contribution is 7.89. The number of nitrogens with one attached hydrogen (secondary N) is 1. The second kappa shape index (κ2) is 3.96. The van der Waals surface area contributed by atoms with Crippen molar-refractivity contribution in [3.05, 3.63) is 23.8 Å². The average Bonchev–Trinajstić information content (AvgIpc) is 2.59. The minimum Gasteiger partial charge on any atom is -0.398 e. The number of aryl methyl sites for hydroxylation is 1. The summed E-state index contributed by atoms with van der Waals surface area (Å²) in [6.45, 7) is 10.0. The van der Waals surface area contributed by atoms with E-state index in [-0.39, 0.29) is 21.8 Å². The standard InChI is InChI=1S/C14H22N2O2S/c1-9-7-6-8-10(15)11(9)19(17,18)16-12-13(2,3)14(12,4)5/h6-8,12,16H,15H2,1-5H3. The Labute approximate surface area is 115 Å². The van der Waals surface area contributed by atoms with E-state index in [1.807, 2.05) is 0 Å². The third-order valence-electron chi connectivity index (χ3n) is 4.80. The summed E-state index contributed by atoms with van der Waals surface area (Å²) in [5.41, 5.74) is 6.70. The molecule has 0 spiro atoms. The smallest absolute Gasteiger partial charge is 0.243 e. The molecule has 5 heteroatoms. The first kappa shape index (κ1) is 14.3. The maximum Gasteiger partial charge on any atom is 0.243 e.